The summed E-state index contributed by atoms with van der Waals surface area (Å²) in [5, 5.41) is 17.5. The molecule has 0 aliphatic carbocycles. The summed E-state index contributed by atoms with van der Waals surface area (Å²) in [5.41, 5.74) is -0.512. The van der Waals surface area contributed by atoms with Crippen LogP contribution in [0.5, 0.6) is 0 Å². The molecule has 0 aliphatic rings. The van der Waals surface area contributed by atoms with Crippen LogP contribution < -0.4 is 4.72 Å². The molecule has 20 heavy (non-hydrogen) atoms. The number of hydrogen-bond donors (Lipinski definition) is 1. The van der Waals surface area contributed by atoms with Crippen molar-refractivity contribution in [3.05, 3.63) is 45.7 Å². The van der Waals surface area contributed by atoms with E-state index in [2.05, 4.69) is 15.2 Å². The Morgan fingerprint density at radius 3 is 2.65 bits per heavy atom. The van der Waals surface area contributed by atoms with Gasteiger partial charge >= 0.3 is 0 Å². The molecule has 1 aromatic heterocycles. The third-order valence-corrected chi connectivity index (χ3v) is 3.78. The number of benzene rings is 1. The van der Waals surface area contributed by atoms with Gasteiger partial charge in [-0.25, -0.2) is 18.1 Å². The van der Waals surface area contributed by atoms with Crippen molar-refractivity contribution >= 4 is 33.3 Å². The lowest BCUT2D eigenvalue weighted by Gasteiger charge is -2.05. The van der Waals surface area contributed by atoms with Crippen LogP contribution in [0.3, 0.4) is 0 Å². The summed E-state index contributed by atoms with van der Waals surface area (Å²) in [6.45, 7) is 0. The Hall–Kier alpha value is -2.33. The summed E-state index contributed by atoms with van der Waals surface area (Å²) in [5.74, 6) is -0.245. The third-order valence-electron chi connectivity index (χ3n) is 2.13. The molecule has 0 aliphatic heterocycles. The molecule has 0 saturated carbocycles. The molecule has 0 bridgehead atoms. The normalized spacial score (nSPS) is 11.1. The molecule has 2 rings (SSSR count). The third kappa shape index (κ3) is 2.97. The maximum atomic E-state index is 12.0. The van der Waals surface area contributed by atoms with Crippen LogP contribution in [-0.2, 0) is 10.0 Å². The van der Waals surface area contributed by atoms with E-state index in [9.17, 15) is 18.5 Å². The summed E-state index contributed by atoms with van der Waals surface area (Å²) >= 11 is 5.61. The first-order valence-electron chi connectivity index (χ1n) is 5.00. The lowest BCUT2D eigenvalue weighted by molar-refractivity contribution is -0.384. The molecular weight excluding hydrogens is 310 g/mol. The van der Waals surface area contributed by atoms with Crippen LogP contribution in [-0.4, -0.2) is 28.5 Å². The number of nitro groups is 1. The van der Waals surface area contributed by atoms with Crippen LogP contribution in [0, 0.1) is 10.1 Å². The van der Waals surface area contributed by atoms with E-state index in [-0.39, 0.29) is 15.9 Å². The van der Waals surface area contributed by atoms with Gasteiger partial charge in [-0.05, 0) is 12.1 Å². The van der Waals surface area contributed by atoms with Gasteiger partial charge in [-0.15, -0.1) is 5.10 Å². The molecule has 104 valence electrons. The van der Waals surface area contributed by atoms with Crippen molar-refractivity contribution in [3.63, 3.8) is 0 Å². The monoisotopic (exact) mass is 315 g/mol. The maximum Gasteiger partial charge on any atom is 0.289 e. The smallest absolute Gasteiger partial charge is 0.258 e. The highest BCUT2D eigenvalue weighted by molar-refractivity contribution is 7.92. The SMILES string of the molecule is O=[N+]([O-])c1cc(S(=O)(=O)Nc2nccnn2)ccc1Cl. The Kier molecular flexibility index (Phi) is 3.77. The summed E-state index contributed by atoms with van der Waals surface area (Å²) in [6.07, 6.45) is 2.51. The number of halogens is 1. The van der Waals surface area contributed by atoms with Crippen molar-refractivity contribution in [3.8, 4) is 0 Å². The van der Waals surface area contributed by atoms with E-state index in [1.807, 2.05) is 4.72 Å². The van der Waals surface area contributed by atoms with E-state index in [0.29, 0.717) is 0 Å². The molecule has 0 unspecified atom stereocenters. The van der Waals surface area contributed by atoms with Crippen molar-refractivity contribution < 1.29 is 13.3 Å². The molecule has 1 N–H and O–H groups in total. The molecule has 0 atom stereocenters. The van der Waals surface area contributed by atoms with Crippen LogP contribution in [0.4, 0.5) is 11.6 Å². The Morgan fingerprint density at radius 1 is 1.30 bits per heavy atom. The van der Waals surface area contributed by atoms with Gasteiger partial charge in [0.2, 0.25) is 0 Å². The van der Waals surface area contributed by atoms with Crippen molar-refractivity contribution in [2.75, 3.05) is 4.72 Å². The molecular formula is C9H6ClN5O4S. The second kappa shape index (κ2) is 5.35. The molecule has 2 aromatic rings. The van der Waals surface area contributed by atoms with Gasteiger partial charge < -0.3 is 0 Å². The summed E-state index contributed by atoms with van der Waals surface area (Å²) in [4.78, 5) is 13.3. The molecule has 1 heterocycles. The zero-order valence-electron chi connectivity index (χ0n) is 9.59. The number of anilines is 1. The van der Waals surface area contributed by atoms with Gasteiger partial charge in [-0.1, -0.05) is 11.6 Å². The standard InChI is InChI=1S/C9H6ClN5O4S/c10-7-2-1-6(5-8(7)15(16)17)20(18,19)14-9-11-3-4-12-13-9/h1-5H,(H,11,13,14). The van der Waals surface area contributed by atoms with Crippen LogP contribution >= 0.6 is 11.6 Å². The fourth-order valence-electron chi connectivity index (χ4n) is 1.27. The Morgan fingerprint density at radius 2 is 2.05 bits per heavy atom. The van der Waals surface area contributed by atoms with Gasteiger partial charge in [0.1, 0.15) is 5.02 Å². The Bertz CT molecular complexity index is 752. The van der Waals surface area contributed by atoms with Gasteiger partial charge in [-0.2, -0.15) is 5.10 Å². The second-order valence-electron chi connectivity index (χ2n) is 3.44. The minimum absolute atomic E-state index is 0.161. The lowest BCUT2D eigenvalue weighted by atomic mass is 10.3. The van der Waals surface area contributed by atoms with E-state index < -0.39 is 20.6 Å². The first-order chi connectivity index (χ1) is 9.40. The summed E-state index contributed by atoms with van der Waals surface area (Å²) < 4.78 is 26.0. The minimum atomic E-state index is -4.06. The average Bonchev–Trinajstić information content (AvgIpc) is 2.39. The van der Waals surface area contributed by atoms with Crippen molar-refractivity contribution in [1.29, 1.82) is 0 Å². The molecule has 9 nitrogen and oxygen atoms in total. The number of nitrogens with one attached hydrogen (secondary N) is 1. The quantitative estimate of drug-likeness (QED) is 0.663. The van der Waals surface area contributed by atoms with Gasteiger partial charge in [0.15, 0.2) is 0 Å². The average molecular weight is 316 g/mol. The molecule has 0 fully saturated rings. The fraction of sp³-hybridized carbons (Fsp3) is 0. The van der Waals surface area contributed by atoms with E-state index in [1.165, 1.54) is 12.4 Å². The fourth-order valence-corrected chi connectivity index (χ4v) is 2.43. The van der Waals surface area contributed by atoms with Crippen molar-refractivity contribution in [2.24, 2.45) is 0 Å². The highest BCUT2D eigenvalue weighted by atomic mass is 35.5. The zero-order valence-corrected chi connectivity index (χ0v) is 11.2. The predicted molar refractivity (Wildman–Crippen MR) is 68.7 cm³/mol. The first kappa shape index (κ1) is 14.1. The van der Waals surface area contributed by atoms with E-state index in [0.717, 1.165) is 18.2 Å². The number of nitrogens with zero attached hydrogens (tertiary/aromatic N) is 4. The second-order valence-corrected chi connectivity index (χ2v) is 5.53. The van der Waals surface area contributed by atoms with Crippen LogP contribution in [0.15, 0.2) is 35.5 Å². The molecule has 0 radical (unpaired) electrons. The van der Waals surface area contributed by atoms with Gasteiger partial charge in [0.25, 0.3) is 21.7 Å². The molecule has 11 heteroatoms. The summed E-state index contributed by atoms with van der Waals surface area (Å²) in [6, 6.07) is 3.10. The van der Waals surface area contributed by atoms with Crippen LogP contribution in [0.25, 0.3) is 0 Å². The van der Waals surface area contributed by atoms with Gasteiger partial charge in [-0.3, -0.25) is 10.1 Å². The first-order valence-corrected chi connectivity index (χ1v) is 6.87. The van der Waals surface area contributed by atoms with E-state index >= 15 is 0 Å². The Labute approximate surface area is 117 Å². The molecule has 0 amide bonds. The number of hydrogen-bond acceptors (Lipinski definition) is 7. The zero-order chi connectivity index (χ0) is 14.8. The van der Waals surface area contributed by atoms with Crippen LogP contribution in [0.1, 0.15) is 0 Å². The van der Waals surface area contributed by atoms with Crippen LogP contribution in [0.2, 0.25) is 5.02 Å². The van der Waals surface area contributed by atoms with Crippen molar-refractivity contribution in [1.82, 2.24) is 15.2 Å². The number of rotatable bonds is 4. The maximum absolute atomic E-state index is 12.0. The number of sulfonamides is 1. The number of aromatic nitrogens is 3. The van der Waals surface area contributed by atoms with Gasteiger partial charge in [0.05, 0.1) is 22.2 Å². The summed E-state index contributed by atoms with van der Waals surface area (Å²) in [7, 11) is -4.06. The number of nitro benzene ring substituents is 1. The highest BCUT2D eigenvalue weighted by Gasteiger charge is 2.21. The minimum Gasteiger partial charge on any atom is -0.258 e. The topological polar surface area (TPSA) is 128 Å². The lowest BCUT2D eigenvalue weighted by Crippen LogP contribution is -2.15. The predicted octanol–water partition coefficient (Wildman–Crippen LogP) is 1.23. The largest absolute Gasteiger partial charge is 0.289 e. The Balaban J connectivity index is 2.40. The molecule has 0 spiro atoms. The van der Waals surface area contributed by atoms with Crippen molar-refractivity contribution in [2.45, 2.75) is 4.90 Å². The highest BCUT2D eigenvalue weighted by Crippen LogP contribution is 2.27. The molecule has 1 aromatic carbocycles. The molecule has 0 saturated heterocycles. The van der Waals surface area contributed by atoms with Gasteiger partial charge in [0, 0.05) is 6.07 Å². The van der Waals surface area contributed by atoms with E-state index in [1.54, 1.807) is 0 Å². The van der Waals surface area contributed by atoms with E-state index in [4.69, 9.17) is 11.6 Å².